The maximum Gasteiger partial charge on any atom is 0.328 e. The minimum absolute atomic E-state index is 0.0213. The van der Waals surface area contributed by atoms with Gasteiger partial charge in [-0.3, -0.25) is 4.90 Å². The minimum Gasteiger partial charge on any atom is -0.317 e. The summed E-state index contributed by atoms with van der Waals surface area (Å²) in [6.45, 7) is 2.51. The number of allylic oxidation sites excluding steroid dienone is 2. The highest BCUT2D eigenvalue weighted by Crippen LogP contribution is 2.41. The third-order valence-corrected chi connectivity index (χ3v) is 5.42. The summed E-state index contributed by atoms with van der Waals surface area (Å²) in [6, 6.07) is 6.71. The van der Waals surface area contributed by atoms with E-state index in [4.69, 9.17) is 0 Å². The van der Waals surface area contributed by atoms with Crippen LogP contribution in [0.3, 0.4) is 0 Å². The predicted molar refractivity (Wildman–Crippen MR) is 95.0 cm³/mol. The van der Waals surface area contributed by atoms with Crippen LogP contribution in [0, 0.1) is 11.7 Å². The highest BCUT2D eigenvalue weighted by Gasteiger charge is 2.34. The molecule has 3 aliphatic rings. The van der Waals surface area contributed by atoms with Crippen LogP contribution >= 0.6 is 0 Å². The van der Waals surface area contributed by atoms with E-state index >= 15 is 0 Å². The van der Waals surface area contributed by atoms with Crippen molar-refractivity contribution in [1.29, 1.82) is 0 Å². The van der Waals surface area contributed by atoms with E-state index < -0.39 is 0 Å². The molecule has 2 heterocycles. The van der Waals surface area contributed by atoms with Gasteiger partial charge >= 0.3 is 6.03 Å². The molecule has 0 spiro atoms. The van der Waals surface area contributed by atoms with Crippen molar-refractivity contribution in [2.45, 2.75) is 31.8 Å². The lowest BCUT2D eigenvalue weighted by atomic mass is 10.0. The van der Waals surface area contributed by atoms with Crippen molar-refractivity contribution >= 4 is 6.03 Å². The van der Waals surface area contributed by atoms with E-state index in [0.717, 1.165) is 37.9 Å². The second-order valence-corrected chi connectivity index (χ2v) is 7.33. The highest BCUT2D eigenvalue weighted by atomic mass is 19.1. The van der Waals surface area contributed by atoms with Crippen LogP contribution in [0.1, 0.15) is 24.8 Å². The van der Waals surface area contributed by atoms with Crippen LogP contribution in [0.2, 0.25) is 0 Å². The quantitative estimate of drug-likeness (QED) is 0.840. The average molecular weight is 341 g/mol. The first kappa shape index (κ1) is 16.3. The molecule has 4 nitrogen and oxygen atoms in total. The molecule has 1 unspecified atom stereocenters. The van der Waals surface area contributed by atoms with Crippen molar-refractivity contribution in [3.63, 3.8) is 0 Å². The van der Waals surface area contributed by atoms with Crippen LogP contribution in [0.4, 0.5) is 9.18 Å². The molecule has 25 heavy (non-hydrogen) atoms. The van der Waals surface area contributed by atoms with Gasteiger partial charge in [-0.05, 0) is 62.7 Å². The third-order valence-electron chi connectivity index (χ3n) is 5.42. The number of carbonyl (C=O) groups is 1. The van der Waals surface area contributed by atoms with E-state index in [2.05, 4.69) is 18.0 Å². The van der Waals surface area contributed by atoms with Gasteiger partial charge in [0.1, 0.15) is 5.82 Å². The molecule has 1 aliphatic carbocycles. The Bertz CT molecular complexity index is 704. The van der Waals surface area contributed by atoms with Crippen molar-refractivity contribution in [3.8, 4) is 0 Å². The number of piperidine rings is 1. The lowest BCUT2D eigenvalue weighted by Crippen LogP contribution is -2.49. The fourth-order valence-electron chi connectivity index (χ4n) is 3.67. The van der Waals surface area contributed by atoms with Crippen molar-refractivity contribution in [1.82, 2.24) is 14.7 Å². The number of carbonyl (C=O) groups excluding carboxylic acids is 1. The number of fused-ring (bicyclic) bond motifs is 1. The molecule has 1 atom stereocenters. The van der Waals surface area contributed by atoms with E-state index in [1.54, 1.807) is 17.0 Å². The molecule has 2 fully saturated rings. The van der Waals surface area contributed by atoms with Crippen molar-refractivity contribution in [2.75, 3.05) is 20.1 Å². The van der Waals surface area contributed by atoms with Crippen LogP contribution in [-0.2, 0) is 6.54 Å². The summed E-state index contributed by atoms with van der Waals surface area (Å²) >= 11 is 0. The molecule has 1 saturated heterocycles. The predicted octanol–water partition coefficient (Wildman–Crippen LogP) is 3.58. The first-order valence-corrected chi connectivity index (χ1v) is 9.01. The molecule has 0 radical (unpaired) electrons. The normalized spacial score (nSPS) is 23.2. The van der Waals surface area contributed by atoms with Gasteiger partial charge in [0.05, 0.1) is 0 Å². The Kier molecular flexibility index (Phi) is 4.34. The summed E-state index contributed by atoms with van der Waals surface area (Å²) in [7, 11) is 2.12. The van der Waals surface area contributed by atoms with Gasteiger partial charge in [0.25, 0.3) is 0 Å². The van der Waals surface area contributed by atoms with Crippen LogP contribution in [0.25, 0.3) is 0 Å². The van der Waals surface area contributed by atoms with Crippen LogP contribution in [0.15, 0.2) is 48.3 Å². The number of hydrogen-bond donors (Lipinski definition) is 0. The second-order valence-electron chi connectivity index (χ2n) is 7.33. The molecule has 2 aliphatic heterocycles. The number of urea groups is 1. The summed E-state index contributed by atoms with van der Waals surface area (Å²) in [5.41, 5.74) is 2.30. The Hall–Kier alpha value is -2.14. The molecule has 0 N–H and O–H groups in total. The number of nitrogens with zero attached hydrogens (tertiary/aromatic N) is 3. The van der Waals surface area contributed by atoms with Crippen LogP contribution in [0.5, 0.6) is 0 Å². The number of benzene rings is 1. The number of rotatable bonds is 3. The second kappa shape index (κ2) is 6.64. The summed E-state index contributed by atoms with van der Waals surface area (Å²) in [4.78, 5) is 19.2. The highest BCUT2D eigenvalue weighted by molar-refractivity contribution is 5.78. The zero-order chi connectivity index (χ0) is 17.4. The van der Waals surface area contributed by atoms with Gasteiger partial charge in [0.2, 0.25) is 0 Å². The number of likely N-dealkylation sites (tertiary alicyclic amines) is 1. The van der Waals surface area contributed by atoms with Gasteiger partial charge in [-0.25, -0.2) is 9.18 Å². The molecule has 132 valence electrons. The summed E-state index contributed by atoms with van der Waals surface area (Å²) < 4.78 is 13.2. The molecule has 5 heteroatoms. The smallest absolute Gasteiger partial charge is 0.317 e. The van der Waals surface area contributed by atoms with Crippen molar-refractivity contribution < 1.29 is 9.18 Å². The van der Waals surface area contributed by atoms with Gasteiger partial charge in [-0.15, -0.1) is 0 Å². The van der Waals surface area contributed by atoms with Gasteiger partial charge < -0.3 is 9.80 Å². The summed E-state index contributed by atoms with van der Waals surface area (Å²) in [6.07, 6.45) is 9.01. The molecular formula is C20H24FN3O. The number of halogens is 1. The van der Waals surface area contributed by atoms with Gasteiger partial charge in [-0.2, -0.15) is 0 Å². The molecule has 1 aromatic rings. The Morgan fingerprint density at radius 1 is 1.24 bits per heavy atom. The van der Waals surface area contributed by atoms with E-state index in [1.165, 1.54) is 17.7 Å². The molecule has 1 saturated carbocycles. The van der Waals surface area contributed by atoms with Crippen LogP contribution in [-0.4, -0.2) is 46.9 Å². The molecule has 0 aromatic heterocycles. The van der Waals surface area contributed by atoms with Crippen molar-refractivity contribution in [2.24, 2.45) is 5.92 Å². The zero-order valence-corrected chi connectivity index (χ0v) is 14.6. The van der Waals surface area contributed by atoms with E-state index in [9.17, 15) is 9.18 Å². The van der Waals surface area contributed by atoms with Crippen LogP contribution < -0.4 is 0 Å². The Morgan fingerprint density at radius 2 is 1.96 bits per heavy atom. The first-order valence-electron chi connectivity index (χ1n) is 9.01. The summed E-state index contributed by atoms with van der Waals surface area (Å²) in [5, 5.41) is 0. The van der Waals surface area contributed by atoms with Crippen molar-refractivity contribution in [3.05, 3.63) is 59.7 Å². The van der Waals surface area contributed by atoms with Gasteiger partial charge in [0, 0.05) is 30.9 Å². The largest absolute Gasteiger partial charge is 0.328 e. The minimum atomic E-state index is -0.246. The lowest BCUT2D eigenvalue weighted by molar-refractivity contribution is 0.116. The first-order chi connectivity index (χ1) is 12.1. The number of amides is 2. The maximum atomic E-state index is 13.2. The fraction of sp³-hybridized carbons (Fsp3) is 0.450. The molecule has 0 bridgehead atoms. The van der Waals surface area contributed by atoms with E-state index in [1.807, 2.05) is 17.3 Å². The SMILES string of the molecule is CN1CCC(N(Cc2ccc(F)cc2)C(=O)N2C=CC3CC3=C2)CC1. The molecule has 4 rings (SSSR count). The monoisotopic (exact) mass is 341 g/mol. The Balaban J connectivity index is 1.54. The molecule has 2 amide bonds. The van der Waals surface area contributed by atoms with Gasteiger partial charge in [0.15, 0.2) is 0 Å². The molecular weight excluding hydrogens is 317 g/mol. The lowest BCUT2D eigenvalue weighted by Gasteiger charge is -2.39. The number of hydrogen-bond acceptors (Lipinski definition) is 2. The fourth-order valence-corrected chi connectivity index (χ4v) is 3.67. The average Bonchev–Trinajstić information content (AvgIpc) is 3.40. The topological polar surface area (TPSA) is 26.8 Å². The summed E-state index contributed by atoms with van der Waals surface area (Å²) in [5.74, 6) is 0.308. The van der Waals surface area contributed by atoms with E-state index in [-0.39, 0.29) is 17.9 Å². The molecule has 1 aromatic carbocycles. The maximum absolute atomic E-state index is 13.2. The zero-order valence-electron chi connectivity index (χ0n) is 14.6. The standard InChI is InChI=1S/C20H24FN3O/c1-22-9-7-19(8-10-22)24(13-15-2-4-18(21)5-3-15)20(25)23-11-6-16-12-17(16)14-23/h2-6,11,14,16,19H,7-10,12-13H2,1H3. The Labute approximate surface area is 148 Å². The Morgan fingerprint density at radius 3 is 2.64 bits per heavy atom. The van der Waals surface area contributed by atoms with E-state index in [0.29, 0.717) is 12.5 Å². The van der Waals surface area contributed by atoms with Gasteiger partial charge in [-0.1, -0.05) is 18.2 Å². The third kappa shape index (κ3) is 3.61.